The molecule has 0 saturated carbocycles. The summed E-state index contributed by atoms with van der Waals surface area (Å²) in [6.45, 7) is 0.318. The minimum absolute atomic E-state index is 0.318. The molecule has 1 rings (SSSR count). The molecule has 0 bridgehead atoms. The molecule has 10 heavy (non-hydrogen) atoms. The van der Waals surface area contributed by atoms with E-state index in [0.717, 1.165) is 5.69 Å². The third-order valence-electron chi connectivity index (χ3n) is 1.39. The Bertz CT molecular complexity index is 172. The third kappa shape index (κ3) is 1.86. The summed E-state index contributed by atoms with van der Waals surface area (Å²) in [5.74, 6) is 0. The first kappa shape index (κ1) is 7.31. The molecule has 4 N–H and O–H groups in total. The number of aromatic amines is 1. The van der Waals surface area contributed by atoms with Crippen molar-refractivity contribution in [2.24, 2.45) is 5.73 Å². The Balaban J connectivity index is 2.40. The van der Waals surface area contributed by atoms with E-state index >= 15 is 0 Å². The quantitative estimate of drug-likeness (QED) is 0.548. The van der Waals surface area contributed by atoms with Gasteiger partial charge in [0, 0.05) is 24.9 Å². The molecule has 1 heterocycles. The maximum Gasteiger partial charge on any atom is 0.0716 e. The highest BCUT2D eigenvalue weighted by molar-refractivity contribution is 5.04. The van der Waals surface area contributed by atoms with Crippen molar-refractivity contribution in [1.82, 2.24) is 4.98 Å². The van der Waals surface area contributed by atoms with Gasteiger partial charge in [0.25, 0.3) is 0 Å². The molecule has 1 aromatic heterocycles. The van der Waals surface area contributed by atoms with Crippen LogP contribution in [0.5, 0.6) is 0 Å². The standard InChI is InChI=1S/C7H12N2O/c8-5-7(10)4-6-2-1-3-9-6/h1-3,7,9-10H,4-5,8H2. The van der Waals surface area contributed by atoms with E-state index in [1.54, 1.807) is 0 Å². The number of hydrogen-bond acceptors (Lipinski definition) is 2. The number of hydrogen-bond donors (Lipinski definition) is 3. The first-order valence-electron chi connectivity index (χ1n) is 3.33. The first-order chi connectivity index (χ1) is 4.83. The summed E-state index contributed by atoms with van der Waals surface area (Å²) >= 11 is 0. The normalized spacial score (nSPS) is 13.4. The summed E-state index contributed by atoms with van der Waals surface area (Å²) in [5.41, 5.74) is 6.25. The molecule has 0 amide bonds. The van der Waals surface area contributed by atoms with Gasteiger partial charge in [-0.1, -0.05) is 0 Å². The lowest BCUT2D eigenvalue weighted by Gasteiger charge is -2.03. The molecule has 0 aliphatic heterocycles. The van der Waals surface area contributed by atoms with Gasteiger partial charge in [-0.2, -0.15) is 0 Å². The topological polar surface area (TPSA) is 62.0 Å². The zero-order chi connectivity index (χ0) is 7.40. The van der Waals surface area contributed by atoms with Crippen LogP contribution in [0, 0.1) is 0 Å². The predicted molar refractivity (Wildman–Crippen MR) is 39.6 cm³/mol. The molecule has 0 spiro atoms. The summed E-state index contributed by atoms with van der Waals surface area (Å²) in [6.07, 6.45) is 2.03. The average molecular weight is 140 g/mol. The molecule has 0 fully saturated rings. The average Bonchev–Trinajstić information content (AvgIpc) is 2.40. The van der Waals surface area contributed by atoms with E-state index < -0.39 is 6.10 Å². The molecule has 0 aliphatic carbocycles. The van der Waals surface area contributed by atoms with Crippen LogP contribution in [-0.4, -0.2) is 22.7 Å². The summed E-state index contributed by atoms with van der Waals surface area (Å²) < 4.78 is 0. The Labute approximate surface area is 59.9 Å². The fourth-order valence-corrected chi connectivity index (χ4v) is 0.832. The predicted octanol–water partition coefficient (Wildman–Crippen LogP) is -0.123. The summed E-state index contributed by atoms with van der Waals surface area (Å²) in [7, 11) is 0. The number of rotatable bonds is 3. The maximum atomic E-state index is 9.08. The maximum absolute atomic E-state index is 9.08. The van der Waals surface area contributed by atoms with Gasteiger partial charge in [-0.05, 0) is 12.1 Å². The fraction of sp³-hybridized carbons (Fsp3) is 0.429. The Morgan fingerprint density at radius 2 is 2.50 bits per heavy atom. The zero-order valence-corrected chi connectivity index (χ0v) is 5.75. The first-order valence-corrected chi connectivity index (χ1v) is 3.33. The second kappa shape index (κ2) is 3.39. The monoisotopic (exact) mass is 140 g/mol. The largest absolute Gasteiger partial charge is 0.391 e. The van der Waals surface area contributed by atoms with E-state index in [1.165, 1.54) is 0 Å². The van der Waals surface area contributed by atoms with Crippen LogP contribution < -0.4 is 5.73 Å². The highest BCUT2D eigenvalue weighted by Crippen LogP contribution is 1.98. The van der Waals surface area contributed by atoms with Gasteiger partial charge in [0.15, 0.2) is 0 Å². The van der Waals surface area contributed by atoms with Gasteiger partial charge >= 0.3 is 0 Å². The van der Waals surface area contributed by atoms with Gasteiger partial charge in [0.05, 0.1) is 6.10 Å². The lowest BCUT2D eigenvalue weighted by atomic mass is 10.2. The van der Waals surface area contributed by atoms with Crippen LogP contribution in [0.3, 0.4) is 0 Å². The lowest BCUT2D eigenvalue weighted by Crippen LogP contribution is -2.22. The van der Waals surface area contributed by atoms with Crippen LogP contribution in [0.25, 0.3) is 0 Å². The van der Waals surface area contributed by atoms with Crippen molar-refractivity contribution in [3.8, 4) is 0 Å². The molecule has 1 unspecified atom stereocenters. The number of aromatic nitrogens is 1. The number of aliphatic hydroxyl groups excluding tert-OH is 1. The summed E-state index contributed by atoms with van der Waals surface area (Å²) in [6, 6.07) is 3.83. The van der Waals surface area contributed by atoms with Gasteiger partial charge in [-0.3, -0.25) is 0 Å². The third-order valence-corrected chi connectivity index (χ3v) is 1.39. The molecule has 0 saturated heterocycles. The minimum Gasteiger partial charge on any atom is -0.391 e. The number of nitrogens with two attached hydrogens (primary N) is 1. The van der Waals surface area contributed by atoms with E-state index in [0.29, 0.717) is 13.0 Å². The van der Waals surface area contributed by atoms with Gasteiger partial charge in [-0.25, -0.2) is 0 Å². The van der Waals surface area contributed by atoms with E-state index in [-0.39, 0.29) is 0 Å². The van der Waals surface area contributed by atoms with Crippen LogP contribution in [-0.2, 0) is 6.42 Å². The molecule has 0 aliphatic rings. The van der Waals surface area contributed by atoms with Gasteiger partial charge < -0.3 is 15.8 Å². The summed E-state index contributed by atoms with van der Waals surface area (Å²) in [4.78, 5) is 2.99. The number of aliphatic hydroxyl groups is 1. The number of nitrogens with one attached hydrogen (secondary N) is 1. The van der Waals surface area contributed by atoms with Crippen LogP contribution >= 0.6 is 0 Å². The minimum atomic E-state index is -0.418. The molecule has 56 valence electrons. The molecule has 0 radical (unpaired) electrons. The molecule has 0 aromatic carbocycles. The van der Waals surface area contributed by atoms with E-state index in [9.17, 15) is 0 Å². The van der Waals surface area contributed by atoms with E-state index in [1.807, 2.05) is 18.3 Å². The Kier molecular flexibility index (Phi) is 2.48. The molecule has 1 atom stereocenters. The van der Waals surface area contributed by atoms with E-state index in [4.69, 9.17) is 10.8 Å². The van der Waals surface area contributed by atoms with Crippen molar-refractivity contribution in [3.05, 3.63) is 24.0 Å². The van der Waals surface area contributed by atoms with Crippen molar-refractivity contribution in [3.63, 3.8) is 0 Å². The van der Waals surface area contributed by atoms with Crippen LogP contribution in [0.15, 0.2) is 18.3 Å². The van der Waals surface area contributed by atoms with Crippen molar-refractivity contribution in [2.45, 2.75) is 12.5 Å². The summed E-state index contributed by atoms with van der Waals surface area (Å²) in [5, 5.41) is 9.08. The second-order valence-electron chi connectivity index (χ2n) is 2.29. The molecule has 3 nitrogen and oxygen atoms in total. The van der Waals surface area contributed by atoms with Crippen molar-refractivity contribution >= 4 is 0 Å². The zero-order valence-electron chi connectivity index (χ0n) is 5.75. The van der Waals surface area contributed by atoms with Crippen LogP contribution in [0.4, 0.5) is 0 Å². The van der Waals surface area contributed by atoms with Crippen molar-refractivity contribution < 1.29 is 5.11 Å². The molecular weight excluding hydrogens is 128 g/mol. The second-order valence-corrected chi connectivity index (χ2v) is 2.29. The van der Waals surface area contributed by atoms with Crippen LogP contribution in [0.1, 0.15) is 5.69 Å². The van der Waals surface area contributed by atoms with Gasteiger partial charge in [0.2, 0.25) is 0 Å². The molecular formula is C7H12N2O. The van der Waals surface area contributed by atoms with Crippen molar-refractivity contribution in [2.75, 3.05) is 6.54 Å². The van der Waals surface area contributed by atoms with Gasteiger partial charge in [-0.15, -0.1) is 0 Å². The lowest BCUT2D eigenvalue weighted by molar-refractivity contribution is 0.182. The number of H-pyrrole nitrogens is 1. The van der Waals surface area contributed by atoms with Crippen molar-refractivity contribution in [1.29, 1.82) is 0 Å². The van der Waals surface area contributed by atoms with Gasteiger partial charge in [0.1, 0.15) is 0 Å². The SMILES string of the molecule is NCC(O)Cc1ccc[nH]1. The highest BCUT2D eigenvalue weighted by Gasteiger charge is 2.01. The Morgan fingerprint density at radius 3 is 3.00 bits per heavy atom. The highest BCUT2D eigenvalue weighted by atomic mass is 16.3. The smallest absolute Gasteiger partial charge is 0.0716 e. The molecule has 3 heteroatoms. The Morgan fingerprint density at radius 1 is 1.70 bits per heavy atom. The van der Waals surface area contributed by atoms with E-state index in [2.05, 4.69) is 4.98 Å². The fourth-order valence-electron chi connectivity index (χ4n) is 0.832. The molecule has 1 aromatic rings. The van der Waals surface area contributed by atoms with Crippen LogP contribution in [0.2, 0.25) is 0 Å². The Hall–Kier alpha value is -0.800.